The highest BCUT2D eigenvalue weighted by Crippen LogP contribution is 2.48. The minimum Gasteiger partial charge on any atom is -0.469 e. The van der Waals surface area contributed by atoms with Gasteiger partial charge in [0.05, 0.1) is 18.0 Å². The number of ether oxygens (including phenoxy) is 1. The summed E-state index contributed by atoms with van der Waals surface area (Å²) in [6, 6.07) is 7.80. The molecular weight excluding hydrogens is 356 g/mol. The van der Waals surface area contributed by atoms with Crippen molar-refractivity contribution in [2.75, 3.05) is 34.4 Å². The first-order valence-corrected chi connectivity index (χ1v) is 9.59. The van der Waals surface area contributed by atoms with Crippen LogP contribution in [0.4, 0.5) is 0 Å². The summed E-state index contributed by atoms with van der Waals surface area (Å²) in [6.45, 7) is 3.28. The van der Waals surface area contributed by atoms with Gasteiger partial charge in [-0.3, -0.25) is 9.59 Å². The van der Waals surface area contributed by atoms with Crippen molar-refractivity contribution in [2.45, 2.75) is 19.8 Å². The number of piperidine rings is 1. The van der Waals surface area contributed by atoms with Crippen LogP contribution in [0.15, 0.2) is 35.9 Å². The van der Waals surface area contributed by atoms with Gasteiger partial charge < -0.3 is 14.5 Å². The predicted molar refractivity (Wildman–Crippen MR) is 106 cm³/mol. The average molecular weight is 382 g/mol. The maximum atomic E-state index is 13.4. The zero-order valence-electron chi connectivity index (χ0n) is 16.8. The number of ketones is 1. The van der Waals surface area contributed by atoms with E-state index in [-0.39, 0.29) is 24.1 Å². The zero-order valence-corrected chi connectivity index (χ0v) is 16.8. The first kappa shape index (κ1) is 18.7. The summed E-state index contributed by atoms with van der Waals surface area (Å²) in [4.78, 5) is 34.3. The number of nitrogens with zero attached hydrogens (tertiary/aromatic N) is 2. The Hall–Kier alpha value is -2.60. The van der Waals surface area contributed by atoms with Crippen molar-refractivity contribution >= 4 is 22.7 Å². The van der Waals surface area contributed by atoms with Crippen LogP contribution in [0.2, 0.25) is 0 Å². The molecule has 0 saturated carbocycles. The molecule has 6 heteroatoms. The van der Waals surface area contributed by atoms with Crippen molar-refractivity contribution in [1.29, 1.82) is 0 Å². The molecule has 2 heterocycles. The minimum absolute atomic E-state index is 0.00716. The van der Waals surface area contributed by atoms with E-state index in [9.17, 15) is 9.59 Å². The van der Waals surface area contributed by atoms with Crippen molar-refractivity contribution < 1.29 is 19.2 Å². The topological polar surface area (TPSA) is 60.8 Å². The summed E-state index contributed by atoms with van der Waals surface area (Å²) >= 11 is 0. The number of fused-ring (bicyclic) bond motifs is 4. The highest BCUT2D eigenvalue weighted by Gasteiger charge is 2.54. The predicted octanol–water partition coefficient (Wildman–Crippen LogP) is 2.50. The molecule has 0 bridgehead atoms. The van der Waals surface area contributed by atoms with Crippen LogP contribution >= 0.6 is 0 Å². The monoisotopic (exact) mass is 382 g/mol. The third kappa shape index (κ3) is 2.51. The van der Waals surface area contributed by atoms with Gasteiger partial charge in [0.2, 0.25) is 0 Å². The quantitative estimate of drug-likeness (QED) is 0.590. The molecule has 2 atom stereocenters. The average Bonchev–Trinajstić information content (AvgIpc) is 2.94. The molecule has 28 heavy (non-hydrogen) atoms. The first-order valence-electron chi connectivity index (χ1n) is 9.59. The number of methoxy groups -OCH3 is 1. The van der Waals surface area contributed by atoms with Crippen LogP contribution in [0.1, 0.15) is 29.4 Å². The number of likely N-dealkylation sites (N-methyl/N-ethyl adjacent to an activating group) is 1. The van der Waals surface area contributed by atoms with Gasteiger partial charge in [0.15, 0.2) is 5.78 Å². The highest BCUT2D eigenvalue weighted by molar-refractivity contribution is 6.04. The molecule has 148 valence electrons. The van der Waals surface area contributed by atoms with Crippen molar-refractivity contribution in [2.24, 2.45) is 11.3 Å². The Bertz CT molecular complexity index is 990. The van der Waals surface area contributed by atoms with Gasteiger partial charge in [-0.15, -0.1) is 0 Å². The van der Waals surface area contributed by atoms with Gasteiger partial charge in [0.1, 0.15) is 12.8 Å². The van der Waals surface area contributed by atoms with E-state index in [1.54, 1.807) is 11.8 Å². The van der Waals surface area contributed by atoms with Crippen LogP contribution in [-0.2, 0) is 16.0 Å². The molecule has 0 N–H and O–H groups in total. The molecule has 0 amide bonds. The van der Waals surface area contributed by atoms with Gasteiger partial charge in [-0.25, -0.2) is 0 Å². The normalized spacial score (nSPS) is 26.6. The molecule has 0 spiro atoms. The molecule has 0 radical (unpaired) electrons. The molecule has 4 rings (SSSR count). The summed E-state index contributed by atoms with van der Waals surface area (Å²) in [7, 11) is 5.01. The molecule has 1 aromatic carbocycles. The lowest BCUT2D eigenvalue weighted by Crippen LogP contribution is -2.54. The second-order valence-electron chi connectivity index (χ2n) is 7.86. The SMILES string of the molecule is C/C=C1\CN(C)C[C@@]2(C(=O)OC)Cc3c(n(OC)c4ccccc34)C(=O)C[C@@H]12. The maximum Gasteiger partial charge on any atom is 0.314 e. The van der Waals surface area contributed by atoms with Gasteiger partial charge >= 0.3 is 5.97 Å². The Morgan fingerprint density at radius 1 is 1.29 bits per heavy atom. The van der Waals surface area contributed by atoms with Crippen molar-refractivity contribution in [1.82, 2.24) is 9.63 Å². The largest absolute Gasteiger partial charge is 0.469 e. The number of carbonyl (C=O) groups excluding carboxylic acids is 2. The lowest BCUT2D eigenvalue weighted by Gasteiger charge is -2.46. The number of likely N-dealkylation sites (tertiary alicyclic amines) is 1. The van der Waals surface area contributed by atoms with Gasteiger partial charge in [0, 0.05) is 30.8 Å². The van der Waals surface area contributed by atoms with Crippen molar-refractivity contribution in [3.05, 3.63) is 47.2 Å². The smallest absolute Gasteiger partial charge is 0.314 e. The Labute approximate surface area is 164 Å². The number of carbonyl (C=O) groups is 2. The number of rotatable bonds is 2. The number of benzene rings is 1. The molecule has 1 aliphatic carbocycles. The minimum atomic E-state index is -0.798. The molecule has 1 saturated heterocycles. The van der Waals surface area contributed by atoms with E-state index in [0.717, 1.165) is 28.6 Å². The molecule has 1 fully saturated rings. The van der Waals surface area contributed by atoms with Gasteiger partial charge in [0.25, 0.3) is 0 Å². The van der Waals surface area contributed by atoms with E-state index in [1.165, 1.54) is 7.11 Å². The van der Waals surface area contributed by atoms with Crippen LogP contribution in [0.5, 0.6) is 0 Å². The number of Topliss-reactive ketones (excluding diaryl/α,β-unsaturated/α-hetero) is 1. The van der Waals surface area contributed by atoms with E-state index in [2.05, 4.69) is 4.90 Å². The molecule has 1 aliphatic heterocycles. The Kier molecular flexibility index (Phi) is 4.54. The number of aromatic nitrogens is 1. The molecule has 2 aromatic rings. The second kappa shape index (κ2) is 6.78. The van der Waals surface area contributed by atoms with E-state index < -0.39 is 5.41 Å². The maximum absolute atomic E-state index is 13.4. The summed E-state index contributed by atoms with van der Waals surface area (Å²) in [5, 5.41) is 0.951. The fourth-order valence-corrected chi connectivity index (χ4v) is 5.23. The lowest BCUT2D eigenvalue weighted by atomic mass is 9.65. The van der Waals surface area contributed by atoms with E-state index >= 15 is 0 Å². The Morgan fingerprint density at radius 2 is 2.04 bits per heavy atom. The van der Waals surface area contributed by atoms with Crippen LogP contribution in [-0.4, -0.2) is 55.7 Å². The number of hydrogen-bond acceptors (Lipinski definition) is 5. The summed E-state index contributed by atoms with van der Waals surface area (Å²) in [5.74, 6) is -0.420. The highest BCUT2D eigenvalue weighted by atomic mass is 16.6. The third-order valence-corrected chi connectivity index (χ3v) is 6.35. The summed E-state index contributed by atoms with van der Waals surface area (Å²) in [5.41, 5.74) is 2.59. The van der Waals surface area contributed by atoms with Gasteiger partial charge in [-0.05, 0) is 32.0 Å². The summed E-state index contributed by atoms with van der Waals surface area (Å²) in [6.07, 6.45) is 2.77. The molecule has 2 aliphatic rings. The van der Waals surface area contributed by atoms with E-state index in [0.29, 0.717) is 18.7 Å². The first-order chi connectivity index (χ1) is 13.5. The Morgan fingerprint density at radius 3 is 2.71 bits per heavy atom. The standard InChI is InChI=1S/C22H26N2O4/c1-5-14-12-23(2)13-22(21(26)27-3)11-16-15-8-6-7-9-18(15)24(28-4)20(16)19(25)10-17(14)22/h5-9,17H,10-13H2,1-4H3/b14-5+/t17-,22-/m0/s1. The van der Waals surface area contributed by atoms with Crippen molar-refractivity contribution in [3.8, 4) is 0 Å². The molecule has 1 aromatic heterocycles. The number of hydrogen-bond donors (Lipinski definition) is 0. The number of para-hydroxylation sites is 1. The lowest BCUT2D eigenvalue weighted by molar-refractivity contribution is -0.158. The van der Waals surface area contributed by atoms with E-state index in [4.69, 9.17) is 9.57 Å². The fraction of sp³-hybridized carbons (Fsp3) is 0.455. The van der Waals surface area contributed by atoms with Crippen LogP contribution in [0.25, 0.3) is 10.9 Å². The van der Waals surface area contributed by atoms with Crippen molar-refractivity contribution in [3.63, 3.8) is 0 Å². The third-order valence-electron chi connectivity index (χ3n) is 6.35. The second-order valence-corrected chi connectivity index (χ2v) is 7.86. The molecule has 0 unspecified atom stereocenters. The molecular formula is C22H26N2O4. The van der Waals surface area contributed by atoms with Gasteiger partial charge in [-0.1, -0.05) is 29.8 Å². The van der Waals surface area contributed by atoms with Gasteiger partial charge in [-0.2, -0.15) is 4.73 Å². The van der Waals surface area contributed by atoms with E-state index in [1.807, 2.05) is 44.3 Å². The van der Waals surface area contributed by atoms with Crippen LogP contribution in [0.3, 0.4) is 0 Å². The van der Waals surface area contributed by atoms with Crippen LogP contribution < -0.4 is 4.84 Å². The summed E-state index contributed by atoms with van der Waals surface area (Å²) < 4.78 is 6.92. The zero-order chi connectivity index (χ0) is 20.1. The Balaban J connectivity index is 2.01. The number of allylic oxidation sites excluding steroid dienone is 1. The number of esters is 1. The fourth-order valence-electron chi connectivity index (χ4n) is 5.23. The molecule has 6 nitrogen and oxygen atoms in total. The van der Waals surface area contributed by atoms with Crippen LogP contribution in [0, 0.1) is 11.3 Å².